The van der Waals surface area contributed by atoms with Crippen molar-refractivity contribution in [3.63, 3.8) is 0 Å². The van der Waals surface area contributed by atoms with Gasteiger partial charge in [-0.25, -0.2) is 13.2 Å². The van der Waals surface area contributed by atoms with Gasteiger partial charge in [-0.05, 0) is 37.5 Å². The second kappa shape index (κ2) is 8.35. The average molecular weight is 437 g/mol. The van der Waals surface area contributed by atoms with Gasteiger partial charge in [0.1, 0.15) is 12.1 Å². The van der Waals surface area contributed by atoms with E-state index in [1.807, 2.05) is 0 Å². The van der Waals surface area contributed by atoms with Crippen molar-refractivity contribution in [1.29, 1.82) is 0 Å². The quantitative estimate of drug-likeness (QED) is 0.633. The molecule has 0 unspecified atom stereocenters. The molecule has 2 N–H and O–H groups in total. The molecule has 0 aromatic heterocycles. The Bertz CT molecular complexity index is 965. The molecule has 2 aliphatic rings. The summed E-state index contributed by atoms with van der Waals surface area (Å²) in [5, 5.41) is 5.34. The van der Waals surface area contributed by atoms with Crippen LogP contribution in [0.3, 0.4) is 0 Å². The van der Waals surface area contributed by atoms with Crippen molar-refractivity contribution in [2.45, 2.75) is 56.9 Å². The van der Waals surface area contributed by atoms with Crippen molar-refractivity contribution in [3.05, 3.63) is 23.8 Å². The fraction of sp³-hybridized carbons (Fsp3) is 0.550. The fourth-order valence-corrected chi connectivity index (χ4v) is 5.85. The summed E-state index contributed by atoms with van der Waals surface area (Å²) in [4.78, 5) is 38.5. The van der Waals surface area contributed by atoms with E-state index in [1.165, 1.54) is 10.4 Å². The number of hydrogen-bond acceptors (Lipinski definition) is 5. The molecule has 0 radical (unpaired) electrons. The number of amides is 4. The van der Waals surface area contributed by atoms with E-state index < -0.39 is 34.0 Å². The van der Waals surface area contributed by atoms with Crippen LogP contribution < -0.4 is 10.6 Å². The third kappa shape index (κ3) is 3.93. The van der Waals surface area contributed by atoms with Crippen LogP contribution in [0.1, 0.15) is 45.1 Å². The minimum atomic E-state index is -3.69. The summed E-state index contributed by atoms with van der Waals surface area (Å²) in [6.07, 6.45) is 2.89. The Morgan fingerprint density at radius 3 is 2.43 bits per heavy atom. The highest BCUT2D eigenvalue weighted by Crippen LogP contribution is 2.35. The summed E-state index contributed by atoms with van der Waals surface area (Å²) in [7, 11) is -3.69. The molecule has 1 saturated carbocycles. The van der Waals surface area contributed by atoms with Crippen LogP contribution in [0.15, 0.2) is 23.1 Å². The molecular formula is C20H28N4O5S. The van der Waals surface area contributed by atoms with E-state index in [0.717, 1.165) is 17.7 Å². The molecule has 1 heterocycles. The number of benzene rings is 1. The Morgan fingerprint density at radius 2 is 1.83 bits per heavy atom. The Balaban J connectivity index is 1.75. The van der Waals surface area contributed by atoms with Gasteiger partial charge in [0.2, 0.25) is 15.9 Å². The van der Waals surface area contributed by atoms with E-state index in [4.69, 9.17) is 0 Å². The number of imide groups is 1. The summed E-state index contributed by atoms with van der Waals surface area (Å²) in [5.41, 5.74) is -0.0113. The molecule has 1 saturated heterocycles. The maximum Gasteiger partial charge on any atom is 0.325 e. The standard InChI is InChI=1S/C20H28N4O5S/c1-4-23(5-2)30(28,29)16-12-15(9-8-14(16)3)21-17(25)13-24-18(26)20(22-19(24)27)10-6-7-11-20/h8-9,12H,4-7,10-11,13H2,1-3H3,(H,21,25)(H,22,27). The molecule has 1 spiro atoms. The Kier molecular flexibility index (Phi) is 6.19. The number of nitrogens with zero attached hydrogens (tertiary/aromatic N) is 2. The number of carbonyl (C=O) groups excluding carboxylic acids is 3. The SMILES string of the molecule is CCN(CC)S(=O)(=O)c1cc(NC(=O)CN2C(=O)NC3(CCCC3)C2=O)ccc1C. The summed E-state index contributed by atoms with van der Waals surface area (Å²) < 4.78 is 27.1. The van der Waals surface area contributed by atoms with Crippen molar-refractivity contribution in [1.82, 2.24) is 14.5 Å². The van der Waals surface area contributed by atoms with E-state index in [1.54, 1.807) is 32.9 Å². The van der Waals surface area contributed by atoms with Crippen LogP contribution in [0.2, 0.25) is 0 Å². The topological polar surface area (TPSA) is 116 Å². The van der Waals surface area contributed by atoms with E-state index in [2.05, 4.69) is 10.6 Å². The van der Waals surface area contributed by atoms with Crippen LogP contribution in [0, 0.1) is 6.92 Å². The molecule has 0 atom stereocenters. The predicted octanol–water partition coefficient (Wildman–Crippen LogP) is 1.83. The highest BCUT2D eigenvalue weighted by atomic mass is 32.2. The zero-order valence-electron chi connectivity index (χ0n) is 17.5. The van der Waals surface area contributed by atoms with Gasteiger partial charge in [-0.3, -0.25) is 14.5 Å². The lowest BCUT2D eigenvalue weighted by molar-refractivity contribution is -0.133. The Labute approximate surface area is 176 Å². The first kappa shape index (κ1) is 22.2. The van der Waals surface area contributed by atoms with E-state index in [-0.39, 0.29) is 10.8 Å². The molecule has 4 amide bonds. The number of nitrogens with one attached hydrogen (secondary N) is 2. The minimum Gasteiger partial charge on any atom is -0.324 e. The fourth-order valence-electron chi connectivity index (χ4n) is 4.14. The molecule has 1 aliphatic carbocycles. The van der Waals surface area contributed by atoms with Crippen molar-refractivity contribution >= 4 is 33.6 Å². The van der Waals surface area contributed by atoms with Gasteiger partial charge < -0.3 is 10.6 Å². The van der Waals surface area contributed by atoms with Crippen molar-refractivity contribution in [2.24, 2.45) is 0 Å². The van der Waals surface area contributed by atoms with Gasteiger partial charge in [0.05, 0.1) is 4.90 Å². The number of anilines is 1. The number of rotatable bonds is 7. The largest absolute Gasteiger partial charge is 0.325 e. The normalized spacial score (nSPS) is 18.3. The van der Waals surface area contributed by atoms with Crippen LogP contribution in [-0.4, -0.2) is 60.6 Å². The van der Waals surface area contributed by atoms with Crippen LogP contribution in [0.25, 0.3) is 0 Å². The molecule has 10 heteroatoms. The zero-order valence-corrected chi connectivity index (χ0v) is 18.3. The maximum absolute atomic E-state index is 12.9. The summed E-state index contributed by atoms with van der Waals surface area (Å²) in [5.74, 6) is -0.933. The van der Waals surface area contributed by atoms with Crippen LogP contribution >= 0.6 is 0 Å². The van der Waals surface area contributed by atoms with E-state index >= 15 is 0 Å². The average Bonchev–Trinajstić information content (AvgIpc) is 3.25. The second-order valence-electron chi connectivity index (χ2n) is 7.73. The Hall–Kier alpha value is -2.46. The monoisotopic (exact) mass is 436 g/mol. The number of aryl methyl sites for hydroxylation is 1. The molecule has 0 bridgehead atoms. The maximum atomic E-state index is 12.9. The first-order chi connectivity index (χ1) is 14.1. The van der Waals surface area contributed by atoms with Crippen molar-refractivity contribution in [2.75, 3.05) is 25.0 Å². The van der Waals surface area contributed by atoms with E-state index in [9.17, 15) is 22.8 Å². The van der Waals surface area contributed by atoms with Gasteiger partial charge in [0.15, 0.2) is 0 Å². The van der Waals surface area contributed by atoms with Gasteiger partial charge in [-0.2, -0.15) is 4.31 Å². The highest BCUT2D eigenvalue weighted by Gasteiger charge is 2.52. The number of sulfonamides is 1. The lowest BCUT2D eigenvalue weighted by Gasteiger charge is -2.21. The lowest BCUT2D eigenvalue weighted by Crippen LogP contribution is -2.44. The first-order valence-corrected chi connectivity index (χ1v) is 11.6. The molecule has 2 fully saturated rings. The van der Waals surface area contributed by atoms with Gasteiger partial charge in [0, 0.05) is 18.8 Å². The molecule has 30 heavy (non-hydrogen) atoms. The van der Waals surface area contributed by atoms with Crippen LogP contribution in [0.4, 0.5) is 10.5 Å². The summed E-state index contributed by atoms with van der Waals surface area (Å²) in [6.45, 7) is 5.47. The summed E-state index contributed by atoms with van der Waals surface area (Å²) >= 11 is 0. The van der Waals surface area contributed by atoms with Crippen LogP contribution in [0.5, 0.6) is 0 Å². The number of carbonyl (C=O) groups is 3. The summed E-state index contributed by atoms with van der Waals surface area (Å²) in [6, 6.07) is 4.06. The third-order valence-corrected chi connectivity index (χ3v) is 7.99. The molecular weight excluding hydrogens is 408 g/mol. The first-order valence-electron chi connectivity index (χ1n) is 10.2. The third-order valence-electron chi connectivity index (χ3n) is 5.80. The van der Waals surface area contributed by atoms with Crippen molar-refractivity contribution in [3.8, 4) is 0 Å². The number of urea groups is 1. The molecule has 1 aliphatic heterocycles. The molecule has 164 valence electrons. The lowest BCUT2D eigenvalue weighted by atomic mass is 9.98. The number of hydrogen-bond donors (Lipinski definition) is 2. The highest BCUT2D eigenvalue weighted by molar-refractivity contribution is 7.89. The molecule has 3 rings (SSSR count). The van der Waals surface area contributed by atoms with Gasteiger partial charge in [-0.15, -0.1) is 0 Å². The zero-order chi connectivity index (χ0) is 22.1. The molecule has 1 aromatic rings. The molecule has 1 aromatic carbocycles. The predicted molar refractivity (Wildman–Crippen MR) is 111 cm³/mol. The van der Waals surface area contributed by atoms with E-state index in [0.29, 0.717) is 37.2 Å². The second-order valence-corrected chi connectivity index (χ2v) is 9.63. The minimum absolute atomic E-state index is 0.115. The Morgan fingerprint density at radius 1 is 1.20 bits per heavy atom. The smallest absolute Gasteiger partial charge is 0.324 e. The van der Waals surface area contributed by atoms with Crippen LogP contribution in [-0.2, 0) is 19.6 Å². The van der Waals surface area contributed by atoms with Gasteiger partial charge >= 0.3 is 6.03 Å². The molecule has 9 nitrogen and oxygen atoms in total. The van der Waals surface area contributed by atoms with Gasteiger partial charge in [0.25, 0.3) is 5.91 Å². The van der Waals surface area contributed by atoms with Crippen molar-refractivity contribution < 1.29 is 22.8 Å². The van der Waals surface area contributed by atoms with Gasteiger partial charge in [-0.1, -0.05) is 32.8 Å².